The summed E-state index contributed by atoms with van der Waals surface area (Å²) < 4.78 is 2.01. The molecule has 0 fully saturated rings. The summed E-state index contributed by atoms with van der Waals surface area (Å²) in [7, 11) is 0. The zero-order chi connectivity index (χ0) is 11.8. The van der Waals surface area contributed by atoms with E-state index < -0.39 is 0 Å². The first-order chi connectivity index (χ1) is 7.77. The van der Waals surface area contributed by atoms with Crippen molar-refractivity contribution >= 4 is 5.78 Å². The topological polar surface area (TPSA) is 60.9 Å². The van der Waals surface area contributed by atoms with Crippen molar-refractivity contribution in [3.63, 3.8) is 0 Å². The Morgan fingerprint density at radius 2 is 2.25 bits per heavy atom. The third kappa shape index (κ3) is 4.14. The Balaban J connectivity index is 2.28. The molecule has 0 aromatic carbocycles. The highest BCUT2D eigenvalue weighted by Crippen LogP contribution is 2.05. The molecule has 2 N–H and O–H groups in total. The molecule has 0 atom stereocenters. The Hall–Kier alpha value is -1.16. The first-order valence-electron chi connectivity index (χ1n) is 5.99. The van der Waals surface area contributed by atoms with E-state index in [1.54, 1.807) is 6.20 Å². The lowest BCUT2D eigenvalue weighted by Crippen LogP contribution is -2.09. The number of carbonyl (C=O) groups excluding carboxylic acids is 1. The number of unbranched alkanes of at least 4 members (excludes halogenated alkanes) is 2. The molecule has 0 aliphatic carbocycles. The Labute approximate surface area is 96.9 Å². The number of Topliss-reactive ketones (excluding diaryl/α,β-unsaturated/α-hetero) is 1. The Kier molecular flexibility index (Phi) is 5.78. The van der Waals surface area contributed by atoms with Crippen LogP contribution in [0.25, 0.3) is 0 Å². The number of carbonyl (C=O) groups is 1. The van der Waals surface area contributed by atoms with Crippen molar-refractivity contribution in [2.45, 2.75) is 45.6 Å². The van der Waals surface area contributed by atoms with Gasteiger partial charge in [0, 0.05) is 25.4 Å². The molecule has 0 spiro atoms. The normalized spacial score (nSPS) is 10.6. The molecule has 1 heterocycles. The molecule has 1 rings (SSSR count). The van der Waals surface area contributed by atoms with Gasteiger partial charge in [-0.15, -0.1) is 0 Å². The maximum Gasteiger partial charge on any atom is 0.140 e. The number of aromatic nitrogens is 2. The predicted octanol–water partition coefficient (Wildman–Crippen LogP) is 1.53. The molecule has 0 saturated carbocycles. The molecule has 1 aromatic rings. The number of hydrogen-bond donors (Lipinski definition) is 1. The number of rotatable bonds is 8. The summed E-state index contributed by atoms with van der Waals surface area (Å²) in [5, 5.41) is 0. The predicted molar refractivity (Wildman–Crippen MR) is 64.1 cm³/mol. The molecular formula is C12H21N3O. The largest absolute Gasteiger partial charge is 0.335 e. The maximum atomic E-state index is 11.7. The quantitative estimate of drug-likeness (QED) is 0.680. The molecule has 0 bridgehead atoms. The van der Waals surface area contributed by atoms with Crippen molar-refractivity contribution in [3.8, 4) is 0 Å². The fraction of sp³-hybridized carbons (Fsp3) is 0.667. The van der Waals surface area contributed by atoms with E-state index in [1.807, 2.05) is 10.8 Å². The van der Waals surface area contributed by atoms with Crippen LogP contribution >= 0.6 is 0 Å². The summed E-state index contributed by atoms with van der Waals surface area (Å²) in [4.78, 5) is 15.9. The molecule has 0 saturated heterocycles. The van der Waals surface area contributed by atoms with Gasteiger partial charge in [-0.1, -0.05) is 6.42 Å². The van der Waals surface area contributed by atoms with E-state index in [1.165, 1.54) is 0 Å². The third-order valence-corrected chi connectivity index (χ3v) is 2.66. The van der Waals surface area contributed by atoms with Crippen LogP contribution < -0.4 is 5.73 Å². The molecule has 0 amide bonds. The summed E-state index contributed by atoms with van der Waals surface area (Å²) in [6.45, 7) is 3.64. The zero-order valence-corrected chi connectivity index (χ0v) is 9.98. The van der Waals surface area contributed by atoms with Crippen LogP contribution in [0.3, 0.4) is 0 Å². The smallest absolute Gasteiger partial charge is 0.140 e. The Morgan fingerprint density at radius 1 is 1.44 bits per heavy atom. The molecule has 0 unspecified atom stereocenters. The first-order valence-corrected chi connectivity index (χ1v) is 5.99. The monoisotopic (exact) mass is 223 g/mol. The van der Waals surface area contributed by atoms with Gasteiger partial charge in [-0.25, -0.2) is 4.98 Å². The number of ketones is 1. The van der Waals surface area contributed by atoms with E-state index in [0.717, 1.165) is 31.6 Å². The fourth-order valence-corrected chi connectivity index (χ4v) is 1.70. The zero-order valence-electron chi connectivity index (χ0n) is 9.98. The van der Waals surface area contributed by atoms with E-state index in [4.69, 9.17) is 5.73 Å². The number of aryl methyl sites for hydroxylation is 1. The van der Waals surface area contributed by atoms with Gasteiger partial charge < -0.3 is 10.3 Å². The van der Waals surface area contributed by atoms with Crippen molar-refractivity contribution in [1.29, 1.82) is 0 Å². The lowest BCUT2D eigenvalue weighted by atomic mass is 10.1. The van der Waals surface area contributed by atoms with Gasteiger partial charge in [0.25, 0.3) is 0 Å². The standard InChI is InChI=1S/C12H21N3O/c1-2-15-9-8-14-12(15)10-11(16)6-4-3-5-7-13/h8-9H,2-7,10,13H2,1H3. The molecule has 90 valence electrons. The van der Waals surface area contributed by atoms with Crippen molar-refractivity contribution in [2.24, 2.45) is 5.73 Å². The molecule has 4 heteroatoms. The second-order valence-corrected chi connectivity index (χ2v) is 3.94. The molecule has 0 aliphatic rings. The average molecular weight is 223 g/mol. The van der Waals surface area contributed by atoms with E-state index in [-0.39, 0.29) is 5.78 Å². The van der Waals surface area contributed by atoms with Gasteiger partial charge in [0.05, 0.1) is 6.42 Å². The third-order valence-electron chi connectivity index (χ3n) is 2.66. The van der Waals surface area contributed by atoms with E-state index in [2.05, 4.69) is 11.9 Å². The summed E-state index contributed by atoms with van der Waals surface area (Å²) in [6.07, 6.45) is 7.78. The lowest BCUT2D eigenvalue weighted by Gasteiger charge is -2.04. The number of nitrogens with zero attached hydrogens (tertiary/aromatic N) is 2. The Morgan fingerprint density at radius 3 is 2.94 bits per heavy atom. The van der Waals surface area contributed by atoms with Crippen LogP contribution in [0.4, 0.5) is 0 Å². The van der Waals surface area contributed by atoms with Crippen LogP contribution in [0, 0.1) is 0 Å². The van der Waals surface area contributed by atoms with Gasteiger partial charge in [-0.3, -0.25) is 4.79 Å². The van der Waals surface area contributed by atoms with Gasteiger partial charge in [-0.05, 0) is 26.3 Å². The fourth-order valence-electron chi connectivity index (χ4n) is 1.70. The molecule has 0 aliphatic heterocycles. The summed E-state index contributed by atoms with van der Waals surface area (Å²) in [6, 6.07) is 0. The SMILES string of the molecule is CCn1ccnc1CC(=O)CCCCCN. The van der Waals surface area contributed by atoms with E-state index in [0.29, 0.717) is 19.4 Å². The highest BCUT2D eigenvalue weighted by molar-refractivity contribution is 5.80. The van der Waals surface area contributed by atoms with Gasteiger partial charge in [0.2, 0.25) is 0 Å². The molecule has 16 heavy (non-hydrogen) atoms. The van der Waals surface area contributed by atoms with E-state index in [9.17, 15) is 4.79 Å². The molecule has 1 aromatic heterocycles. The van der Waals surface area contributed by atoms with Gasteiger partial charge in [0.15, 0.2) is 0 Å². The first kappa shape index (κ1) is 12.9. The second-order valence-electron chi connectivity index (χ2n) is 3.94. The van der Waals surface area contributed by atoms with Crippen LogP contribution in [-0.4, -0.2) is 21.9 Å². The maximum absolute atomic E-state index is 11.7. The highest BCUT2D eigenvalue weighted by atomic mass is 16.1. The van der Waals surface area contributed by atoms with Gasteiger partial charge in [-0.2, -0.15) is 0 Å². The van der Waals surface area contributed by atoms with E-state index >= 15 is 0 Å². The number of imidazole rings is 1. The van der Waals surface area contributed by atoms with Crippen molar-refractivity contribution in [1.82, 2.24) is 9.55 Å². The number of nitrogens with two attached hydrogens (primary N) is 1. The van der Waals surface area contributed by atoms with Crippen molar-refractivity contribution in [3.05, 3.63) is 18.2 Å². The van der Waals surface area contributed by atoms with Crippen LogP contribution in [0.1, 0.15) is 38.4 Å². The van der Waals surface area contributed by atoms with Crippen LogP contribution in [0.5, 0.6) is 0 Å². The van der Waals surface area contributed by atoms with Gasteiger partial charge >= 0.3 is 0 Å². The minimum Gasteiger partial charge on any atom is -0.335 e. The minimum absolute atomic E-state index is 0.276. The highest BCUT2D eigenvalue weighted by Gasteiger charge is 2.07. The summed E-state index contributed by atoms with van der Waals surface area (Å²) in [5.41, 5.74) is 5.39. The minimum atomic E-state index is 0.276. The summed E-state index contributed by atoms with van der Waals surface area (Å²) in [5.74, 6) is 1.16. The van der Waals surface area contributed by atoms with Gasteiger partial charge in [0.1, 0.15) is 11.6 Å². The number of hydrogen-bond acceptors (Lipinski definition) is 3. The molecule has 0 radical (unpaired) electrons. The van der Waals surface area contributed by atoms with Crippen LogP contribution in [0.15, 0.2) is 12.4 Å². The molecule has 4 nitrogen and oxygen atoms in total. The lowest BCUT2D eigenvalue weighted by molar-refractivity contribution is -0.118. The second kappa shape index (κ2) is 7.17. The molecular weight excluding hydrogens is 202 g/mol. The summed E-state index contributed by atoms with van der Waals surface area (Å²) >= 11 is 0. The van der Waals surface area contributed by atoms with Crippen LogP contribution in [-0.2, 0) is 17.8 Å². The van der Waals surface area contributed by atoms with Crippen LogP contribution in [0.2, 0.25) is 0 Å². The Bertz CT molecular complexity index is 320. The van der Waals surface area contributed by atoms with Crippen molar-refractivity contribution in [2.75, 3.05) is 6.54 Å². The average Bonchev–Trinajstić information content (AvgIpc) is 2.71. The van der Waals surface area contributed by atoms with Crippen molar-refractivity contribution < 1.29 is 4.79 Å².